The van der Waals surface area contributed by atoms with E-state index in [-0.39, 0.29) is 15.9 Å². The van der Waals surface area contributed by atoms with Crippen molar-refractivity contribution in [3.05, 3.63) is 0 Å². The van der Waals surface area contributed by atoms with Crippen molar-refractivity contribution in [3.63, 3.8) is 0 Å². The van der Waals surface area contributed by atoms with Crippen LogP contribution in [-0.2, 0) is 9.53 Å². The molecule has 0 aromatic carbocycles. The highest BCUT2D eigenvalue weighted by molar-refractivity contribution is 14.1. The van der Waals surface area contributed by atoms with Crippen molar-refractivity contribution in [2.45, 2.75) is 38.8 Å². The van der Waals surface area contributed by atoms with E-state index in [9.17, 15) is 9.59 Å². The lowest BCUT2D eigenvalue weighted by Crippen LogP contribution is -2.41. The van der Waals surface area contributed by atoms with Gasteiger partial charge in [0.1, 0.15) is 6.04 Å². The summed E-state index contributed by atoms with van der Waals surface area (Å²) < 4.78 is 4.88. The summed E-state index contributed by atoms with van der Waals surface area (Å²) in [6.45, 7) is 3.55. The van der Waals surface area contributed by atoms with Crippen molar-refractivity contribution in [1.29, 1.82) is 0 Å². The Bertz CT molecular complexity index is 238. The molecule has 1 fully saturated rings. The molecule has 0 aromatic heterocycles. The lowest BCUT2D eigenvalue weighted by Gasteiger charge is -2.15. The summed E-state index contributed by atoms with van der Waals surface area (Å²) in [6.07, 6.45) is 1.38. The van der Waals surface area contributed by atoms with E-state index >= 15 is 0 Å². The van der Waals surface area contributed by atoms with Crippen molar-refractivity contribution in [1.82, 2.24) is 5.32 Å². The number of ether oxygens (including phenoxy) is 1. The number of nitrogens with one attached hydrogen (secondary N) is 1. The predicted octanol–water partition coefficient (Wildman–Crippen LogP) is 1.86. The number of halogens is 1. The lowest BCUT2D eigenvalue weighted by atomic mass is 10.2. The average molecular weight is 311 g/mol. The van der Waals surface area contributed by atoms with Gasteiger partial charge in [0.05, 0.1) is 6.10 Å². The number of hydrogen-bond donors (Lipinski definition) is 1. The highest BCUT2D eigenvalue weighted by atomic mass is 127. The number of amides is 1. The van der Waals surface area contributed by atoms with Crippen LogP contribution in [0.1, 0.15) is 26.7 Å². The molecule has 0 saturated heterocycles. The summed E-state index contributed by atoms with van der Waals surface area (Å²) in [5, 5.41) is 2.59. The van der Waals surface area contributed by atoms with E-state index in [2.05, 4.69) is 5.32 Å². The van der Waals surface area contributed by atoms with Gasteiger partial charge >= 0.3 is 6.09 Å². The first kappa shape index (κ1) is 11.7. The smallest absolute Gasteiger partial charge is 0.408 e. The van der Waals surface area contributed by atoms with Crippen LogP contribution in [0.5, 0.6) is 0 Å². The van der Waals surface area contributed by atoms with Crippen molar-refractivity contribution < 1.29 is 14.3 Å². The van der Waals surface area contributed by atoms with Crippen LogP contribution in [0.4, 0.5) is 4.79 Å². The summed E-state index contributed by atoms with van der Waals surface area (Å²) in [6, 6.07) is -0.359. The zero-order chi connectivity index (χ0) is 10.7. The molecule has 1 amide bonds. The van der Waals surface area contributed by atoms with E-state index in [0.29, 0.717) is 5.92 Å². The van der Waals surface area contributed by atoms with Crippen LogP contribution in [-0.4, -0.2) is 22.0 Å². The highest BCUT2D eigenvalue weighted by Gasteiger charge is 2.36. The van der Waals surface area contributed by atoms with E-state index in [4.69, 9.17) is 4.74 Å². The highest BCUT2D eigenvalue weighted by Crippen LogP contribution is 2.33. The molecule has 1 rings (SSSR count). The molecule has 14 heavy (non-hydrogen) atoms. The van der Waals surface area contributed by atoms with E-state index in [1.807, 2.05) is 0 Å². The average Bonchev–Trinajstić information content (AvgIpc) is 2.80. The molecule has 1 atom stereocenters. The van der Waals surface area contributed by atoms with Crippen LogP contribution in [0.3, 0.4) is 0 Å². The van der Waals surface area contributed by atoms with Gasteiger partial charge in [0.2, 0.25) is 3.79 Å². The van der Waals surface area contributed by atoms with E-state index in [0.717, 1.165) is 12.8 Å². The molecule has 0 radical (unpaired) electrons. The third kappa shape index (κ3) is 3.81. The minimum atomic E-state index is -0.498. The Labute approximate surface area is 96.9 Å². The number of rotatable bonds is 4. The van der Waals surface area contributed by atoms with Gasteiger partial charge in [0.25, 0.3) is 0 Å². The zero-order valence-electron chi connectivity index (χ0n) is 8.25. The maximum absolute atomic E-state index is 11.2. The van der Waals surface area contributed by atoms with Crippen LogP contribution < -0.4 is 5.32 Å². The second kappa shape index (κ2) is 4.95. The van der Waals surface area contributed by atoms with Gasteiger partial charge in [-0.2, -0.15) is 0 Å². The number of alkyl carbamates (subject to hydrolysis) is 1. The van der Waals surface area contributed by atoms with Gasteiger partial charge in [0, 0.05) is 22.6 Å². The number of carbonyl (C=O) groups excluding carboxylic acids is 2. The van der Waals surface area contributed by atoms with Crippen LogP contribution in [0.2, 0.25) is 0 Å². The Morgan fingerprint density at radius 3 is 2.36 bits per heavy atom. The first-order valence-electron chi connectivity index (χ1n) is 4.67. The molecule has 1 saturated carbocycles. The maximum atomic E-state index is 11.2. The van der Waals surface area contributed by atoms with Crippen LogP contribution >= 0.6 is 22.6 Å². The maximum Gasteiger partial charge on any atom is 0.408 e. The van der Waals surface area contributed by atoms with Gasteiger partial charge < -0.3 is 10.1 Å². The minimum Gasteiger partial charge on any atom is -0.447 e. The van der Waals surface area contributed by atoms with Crippen molar-refractivity contribution in [3.8, 4) is 0 Å². The molecule has 1 aliphatic rings. The van der Waals surface area contributed by atoms with Gasteiger partial charge in [-0.3, -0.25) is 4.79 Å². The van der Waals surface area contributed by atoms with Gasteiger partial charge in [0.15, 0.2) is 0 Å². The molecule has 1 aliphatic carbocycles. The first-order valence-corrected chi connectivity index (χ1v) is 5.75. The van der Waals surface area contributed by atoms with E-state index in [1.54, 1.807) is 36.4 Å². The molecule has 0 bridgehead atoms. The molecular formula is C9H14INO3. The molecule has 80 valence electrons. The summed E-state index contributed by atoms with van der Waals surface area (Å²) in [7, 11) is 0. The molecular weight excluding hydrogens is 297 g/mol. The van der Waals surface area contributed by atoms with Gasteiger partial charge in [-0.1, -0.05) is 0 Å². The van der Waals surface area contributed by atoms with Crippen molar-refractivity contribution in [2.24, 2.45) is 5.92 Å². The normalized spacial score (nSPS) is 17.7. The second-order valence-electron chi connectivity index (χ2n) is 3.72. The Hall–Kier alpha value is -0.330. The molecule has 1 unspecified atom stereocenters. The zero-order valence-corrected chi connectivity index (χ0v) is 10.4. The van der Waals surface area contributed by atoms with E-state index in [1.165, 1.54) is 0 Å². The fraction of sp³-hybridized carbons (Fsp3) is 0.778. The lowest BCUT2D eigenvalue weighted by molar-refractivity contribution is -0.111. The van der Waals surface area contributed by atoms with Crippen molar-refractivity contribution in [2.75, 3.05) is 0 Å². The fourth-order valence-corrected chi connectivity index (χ4v) is 1.83. The second-order valence-corrected chi connectivity index (χ2v) is 4.78. The summed E-state index contributed by atoms with van der Waals surface area (Å²) in [4.78, 5) is 22.4. The third-order valence-electron chi connectivity index (χ3n) is 1.95. The topological polar surface area (TPSA) is 55.4 Å². The first-order chi connectivity index (χ1) is 6.50. The Balaban J connectivity index is 2.39. The van der Waals surface area contributed by atoms with Gasteiger partial charge in [-0.15, -0.1) is 0 Å². The number of carbonyl (C=O) groups is 2. The molecule has 0 aliphatic heterocycles. The van der Waals surface area contributed by atoms with E-state index < -0.39 is 6.09 Å². The SMILES string of the molecule is CC(C)OC(=O)NC(C(=O)I)C1CC1. The quantitative estimate of drug-likeness (QED) is 0.637. The summed E-state index contributed by atoms with van der Waals surface area (Å²) in [5.41, 5.74) is 0. The molecule has 0 heterocycles. The molecule has 4 nitrogen and oxygen atoms in total. The van der Waals surface area contributed by atoms with Crippen LogP contribution in [0, 0.1) is 5.92 Å². The Kier molecular flexibility index (Phi) is 4.15. The monoisotopic (exact) mass is 311 g/mol. The Morgan fingerprint density at radius 2 is 2.00 bits per heavy atom. The van der Waals surface area contributed by atoms with Crippen LogP contribution in [0.25, 0.3) is 0 Å². The molecule has 5 heteroatoms. The number of hydrogen-bond acceptors (Lipinski definition) is 3. The van der Waals surface area contributed by atoms with Crippen LogP contribution in [0.15, 0.2) is 0 Å². The minimum absolute atomic E-state index is 0.0224. The standard InChI is InChI=1S/C9H14INO3/c1-5(2)14-9(13)11-7(8(10)12)6-3-4-6/h5-7H,3-4H2,1-2H3,(H,11,13). The summed E-state index contributed by atoms with van der Waals surface area (Å²) >= 11 is 1.72. The van der Waals surface area contributed by atoms with Gasteiger partial charge in [-0.25, -0.2) is 4.79 Å². The molecule has 1 N–H and O–H groups in total. The third-order valence-corrected chi connectivity index (χ3v) is 2.63. The summed E-state index contributed by atoms with van der Waals surface area (Å²) in [5.74, 6) is 0.319. The molecule has 0 spiro atoms. The Morgan fingerprint density at radius 1 is 1.43 bits per heavy atom. The predicted molar refractivity (Wildman–Crippen MR) is 60.3 cm³/mol. The largest absolute Gasteiger partial charge is 0.447 e. The van der Waals surface area contributed by atoms with Crippen molar-refractivity contribution >= 4 is 32.5 Å². The molecule has 0 aromatic rings. The van der Waals surface area contributed by atoms with Gasteiger partial charge in [-0.05, 0) is 32.6 Å². The fourth-order valence-electron chi connectivity index (χ4n) is 1.16.